The molecule has 0 N–H and O–H groups in total. The minimum atomic E-state index is -4.62. The molecule has 2 heterocycles. The predicted octanol–water partition coefficient (Wildman–Crippen LogP) is 5.85. The van der Waals surface area contributed by atoms with Crippen LogP contribution in [0.1, 0.15) is 15.9 Å². The number of carboxylic acids is 1. The highest BCUT2D eigenvalue weighted by Crippen LogP contribution is 2.38. The first-order chi connectivity index (χ1) is 14.1. The molecule has 4 aromatic rings. The molecular formula is C21H9Cl2F3NO3-. The third-order valence-electron chi connectivity index (χ3n) is 4.41. The number of alkyl halides is 3. The number of aromatic nitrogens is 1. The van der Waals surface area contributed by atoms with Crippen LogP contribution < -0.4 is 5.11 Å². The number of aromatic carboxylic acids is 1. The molecule has 0 aliphatic rings. The van der Waals surface area contributed by atoms with Gasteiger partial charge in [0.2, 0.25) is 0 Å². The van der Waals surface area contributed by atoms with Gasteiger partial charge >= 0.3 is 6.18 Å². The summed E-state index contributed by atoms with van der Waals surface area (Å²) < 4.78 is 45.0. The van der Waals surface area contributed by atoms with Crippen molar-refractivity contribution in [3.05, 3.63) is 75.8 Å². The van der Waals surface area contributed by atoms with Crippen LogP contribution in [0.15, 0.2) is 59.0 Å². The number of rotatable bonds is 3. The minimum Gasteiger partial charge on any atom is -0.545 e. The van der Waals surface area contributed by atoms with E-state index < -0.39 is 22.7 Å². The van der Waals surface area contributed by atoms with Crippen molar-refractivity contribution in [2.45, 2.75) is 6.18 Å². The SMILES string of the molecule is O=C([O-])c1cc(-c2ccc(-c3ccc(Cl)c(C(F)(F)F)c3)o2)nc2ccc(Cl)cc12. The Morgan fingerprint density at radius 1 is 0.967 bits per heavy atom. The maximum Gasteiger partial charge on any atom is 0.417 e. The van der Waals surface area contributed by atoms with Crippen molar-refractivity contribution in [3.8, 4) is 22.8 Å². The van der Waals surface area contributed by atoms with Gasteiger partial charge in [-0.2, -0.15) is 13.2 Å². The van der Waals surface area contributed by atoms with Crippen molar-refractivity contribution >= 4 is 40.1 Å². The van der Waals surface area contributed by atoms with Gasteiger partial charge in [0.1, 0.15) is 11.5 Å². The highest BCUT2D eigenvalue weighted by atomic mass is 35.5. The summed E-state index contributed by atoms with van der Waals surface area (Å²) in [6, 6.07) is 12.2. The summed E-state index contributed by atoms with van der Waals surface area (Å²) in [7, 11) is 0. The molecule has 30 heavy (non-hydrogen) atoms. The largest absolute Gasteiger partial charge is 0.545 e. The van der Waals surface area contributed by atoms with Crippen LogP contribution in [0.25, 0.3) is 33.7 Å². The van der Waals surface area contributed by atoms with Crippen LogP contribution in [0.4, 0.5) is 13.2 Å². The molecule has 9 heteroatoms. The molecule has 0 saturated carbocycles. The number of nitrogens with zero attached hydrogens (tertiary/aromatic N) is 1. The zero-order valence-electron chi connectivity index (χ0n) is 14.8. The summed E-state index contributed by atoms with van der Waals surface area (Å²) in [5, 5.41) is 11.8. The highest BCUT2D eigenvalue weighted by molar-refractivity contribution is 6.31. The first-order valence-corrected chi connectivity index (χ1v) is 9.18. The van der Waals surface area contributed by atoms with Gasteiger partial charge in [-0.05, 0) is 54.6 Å². The molecular weight excluding hydrogens is 442 g/mol. The molecule has 0 amide bonds. The molecule has 0 atom stereocenters. The molecule has 2 aromatic carbocycles. The van der Waals surface area contributed by atoms with E-state index in [2.05, 4.69) is 4.98 Å². The summed E-state index contributed by atoms with van der Waals surface area (Å²) in [5.74, 6) is -1.11. The number of furan rings is 1. The lowest BCUT2D eigenvalue weighted by Gasteiger charge is -2.10. The third-order valence-corrected chi connectivity index (χ3v) is 4.97. The van der Waals surface area contributed by atoms with Crippen LogP contribution in [0.3, 0.4) is 0 Å². The van der Waals surface area contributed by atoms with Crippen LogP contribution >= 0.6 is 23.2 Å². The zero-order valence-corrected chi connectivity index (χ0v) is 16.3. The molecule has 0 fully saturated rings. The van der Waals surface area contributed by atoms with Crippen molar-refractivity contribution in [2.24, 2.45) is 0 Å². The van der Waals surface area contributed by atoms with Gasteiger partial charge in [-0.15, -0.1) is 0 Å². The van der Waals surface area contributed by atoms with Gasteiger partial charge in [-0.1, -0.05) is 23.2 Å². The monoisotopic (exact) mass is 450 g/mol. The van der Waals surface area contributed by atoms with Crippen molar-refractivity contribution in [1.82, 2.24) is 4.98 Å². The Hall–Kier alpha value is -3.03. The molecule has 0 radical (unpaired) electrons. The zero-order chi connectivity index (χ0) is 21.6. The lowest BCUT2D eigenvalue weighted by molar-refractivity contribution is -0.254. The molecule has 0 bridgehead atoms. The maximum atomic E-state index is 13.1. The van der Waals surface area contributed by atoms with E-state index in [1.807, 2.05) is 0 Å². The predicted molar refractivity (Wildman–Crippen MR) is 104 cm³/mol. The maximum absolute atomic E-state index is 13.1. The van der Waals surface area contributed by atoms with Gasteiger partial charge in [-0.3, -0.25) is 0 Å². The third kappa shape index (κ3) is 3.74. The summed E-state index contributed by atoms with van der Waals surface area (Å²) >= 11 is 11.6. The first kappa shape index (κ1) is 20.3. The summed E-state index contributed by atoms with van der Waals surface area (Å²) in [6.07, 6.45) is -4.62. The van der Waals surface area contributed by atoms with E-state index in [0.717, 1.165) is 12.1 Å². The van der Waals surface area contributed by atoms with E-state index in [-0.39, 0.29) is 28.3 Å². The van der Waals surface area contributed by atoms with Crippen molar-refractivity contribution in [3.63, 3.8) is 0 Å². The Morgan fingerprint density at radius 3 is 2.40 bits per heavy atom. The van der Waals surface area contributed by atoms with Gasteiger partial charge in [0.05, 0.1) is 22.1 Å². The van der Waals surface area contributed by atoms with Crippen LogP contribution in [-0.2, 0) is 6.18 Å². The van der Waals surface area contributed by atoms with E-state index in [9.17, 15) is 23.1 Å². The van der Waals surface area contributed by atoms with Crippen LogP contribution in [0, 0.1) is 0 Å². The fourth-order valence-electron chi connectivity index (χ4n) is 3.02. The van der Waals surface area contributed by atoms with Crippen LogP contribution in [0.2, 0.25) is 10.0 Å². The number of carbonyl (C=O) groups excluding carboxylic acids is 1. The topological polar surface area (TPSA) is 66.2 Å². The molecule has 0 aliphatic carbocycles. The molecule has 152 valence electrons. The summed E-state index contributed by atoms with van der Waals surface area (Å²) in [5.41, 5.74) is -0.438. The number of benzene rings is 2. The normalized spacial score (nSPS) is 11.8. The van der Waals surface area contributed by atoms with Crippen LogP contribution in [0.5, 0.6) is 0 Å². The van der Waals surface area contributed by atoms with Gasteiger partial charge in [-0.25, -0.2) is 4.98 Å². The second kappa shape index (κ2) is 7.34. The van der Waals surface area contributed by atoms with Crippen molar-refractivity contribution in [1.29, 1.82) is 0 Å². The number of halogens is 5. The Bertz CT molecular complexity index is 1300. The second-order valence-corrected chi connectivity index (χ2v) is 7.20. The number of carbonyl (C=O) groups is 1. The van der Waals surface area contributed by atoms with Crippen molar-refractivity contribution in [2.75, 3.05) is 0 Å². The first-order valence-electron chi connectivity index (χ1n) is 8.42. The van der Waals surface area contributed by atoms with Gasteiger partial charge in [0.15, 0.2) is 5.76 Å². The molecule has 0 unspecified atom stereocenters. The molecule has 4 rings (SSSR count). The van der Waals surface area contributed by atoms with Gasteiger partial charge in [0.25, 0.3) is 0 Å². The average Bonchev–Trinajstić information content (AvgIpc) is 3.16. The van der Waals surface area contributed by atoms with Gasteiger partial charge in [0, 0.05) is 21.5 Å². The standard InChI is InChI=1S/C21H10Cl2F3NO3/c22-11-2-4-16-12(8-11)13(20(28)29)9-17(27-16)19-6-5-18(30-19)10-1-3-15(23)14(7-10)21(24,25)26/h1-9H,(H,28,29)/p-1. The highest BCUT2D eigenvalue weighted by Gasteiger charge is 2.33. The number of fused-ring (bicyclic) bond motifs is 1. The lowest BCUT2D eigenvalue weighted by Crippen LogP contribution is -2.22. The number of hydrogen-bond donors (Lipinski definition) is 0. The Kier molecular flexibility index (Phi) is 4.95. The minimum absolute atomic E-state index is 0.138. The summed E-state index contributed by atoms with van der Waals surface area (Å²) in [6.45, 7) is 0. The van der Waals surface area contributed by atoms with E-state index in [4.69, 9.17) is 27.6 Å². The quantitative estimate of drug-likeness (QED) is 0.392. The Balaban J connectivity index is 1.81. The fraction of sp³-hybridized carbons (Fsp3) is 0.0476. The number of hydrogen-bond acceptors (Lipinski definition) is 4. The van der Waals surface area contributed by atoms with E-state index in [1.54, 1.807) is 12.1 Å². The molecule has 0 saturated heterocycles. The Morgan fingerprint density at radius 2 is 1.70 bits per heavy atom. The number of pyridine rings is 1. The molecule has 0 aliphatic heterocycles. The second-order valence-electron chi connectivity index (χ2n) is 6.36. The smallest absolute Gasteiger partial charge is 0.417 e. The molecule has 2 aromatic heterocycles. The van der Waals surface area contributed by atoms with E-state index in [1.165, 1.54) is 30.3 Å². The average molecular weight is 451 g/mol. The van der Waals surface area contributed by atoms with E-state index in [0.29, 0.717) is 15.9 Å². The van der Waals surface area contributed by atoms with E-state index >= 15 is 0 Å². The fourth-order valence-corrected chi connectivity index (χ4v) is 3.42. The molecule has 4 nitrogen and oxygen atoms in total. The van der Waals surface area contributed by atoms with Gasteiger partial charge < -0.3 is 14.3 Å². The van der Waals surface area contributed by atoms with Crippen molar-refractivity contribution < 1.29 is 27.5 Å². The molecule has 0 spiro atoms. The number of carboxylic acid groups (broad SMARTS) is 1. The Labute approximate surface area is 177 Å². The van der Waals surface area contributed by atoms with Crippen LogP contribution in [-0.4, -0.2) is 11.0 Å². The lowest BCUT2D eigenvalue weighted by atomic mass is 10.1. The summed E-state index contributed by atoms with van der Waals surface area (Å²) in [4.78, 5) is 15.9.